The number of carbonyl (C=O) groups is 3. The van der Waals surface area contributed by atoms with Crippen LogP contribution in [0.5, 0.6) is 0 Å². The van der Waals surface area contributed by atoms with Crippen molar-refractivity contribution in [2.24, 2.45) is 17.8 Å². The molecule has 0 aromatic carbocycles. The van der Waals surface area contributed by atoms with Crippen LogP contribution in [0.15, 0.2) is 36.4 Å². The lowest BCUT2D eigenvalue weighted by atomic mass is 9.84. The minimum Gasteiger partial charge on any atom is -0.469 e. The molecule has 5 unspecified atom stereocenters. The summed E-state index contributed by atoms with van der Waals surface area (Å²) in [7, 11) is 1.36. The number of nitrogens with one attached hydrogen (secondary N) is 3. The van der Waals surface area contributed by atoms with Gasteiger partial charge in [0.05, 0.1) is 36.2 Å². The van der Waals surface area contributed by atoms with E-state index in [1.54, 1.807) is 0 Å². The molecule has 376 valence electrons. The molecular weight excluding hydrogens is 859 g/mol. The van der Waals surface area contributed by atoms with Crippen molar-refractivity contribution in [3.63, 3.8) is 0 Å². The molecule has 0 aliphatic carbocycles. The summed E-state index contributed by atoms with van der Waals surface area (Å²) in [6, 6.07) is 6.11. The quantitative estimate of drug-likeness (QED) is 0.0600. The van der Waals surface area contributed by atoms with E-state index in [0.29, 0.717) is 46.1 Å². The first-order chi connectivity index (χ1) is 32.9. The maximum absolute atomic E-state index is 14.4. The van der Waals surface area contributed by atoms with E-state index in [-0.39, 0.29) is 49.2 Å². The number of carbonyl (C=O) groups excluding carboxylic acids is 3. The molecule has 0 spiro atoms. The van der Waals surface area contributed by atoms with Crippen LogP contribution in [0.1, 0.15) is 209 Å². The third-order valence-corrected chi connectivity index (χ3v) is 15.0. The number of fused-ring (bicyclic) bond motifs is 8. The highest BCUT2D eigenvalue weighted by atomic mass is 16.5. The van der Waals surface area contributed by atoms with Gasteiger partial charge in [0.15, 0.2) is 0 Å². The van der Waals surface area contributed by atoms with E-state index in [0.717, 1.165) is 87.5 Å². The number of aryl methyl sites for hydroxylation is 3. The Bertz CT molecular complexity index is 2540. The standard InChI is InChI=1S/C59H85N5O5/c1-15-39(9)60-59(67)56-43(13)51-34-53-45(17-3)41(11)49(62-53)33-52-44(16-2)40(10)48(61-52)32-50-42(12)46(57(63-50)47(58(56)64-51)31-55(66)68-14)27-28-54(65)69-30-29-38(8)26-20-25-37(7)24-19-23-36(6)22-18-21-35(4)5/h16,29,32-37,39,42,46,61-62H,2,15,17-28,30-31H2,1,3-14H3,(H,60,67)/b38-29+,48-32?,49-33?,50-32?,51-34?,52-33?,53-34?,57-47?,58-47?. The van der Waals surface area contributed by atoms with Crippen molar-refractivity contribution in [2.45, 2.75) is 191 Å². The fourth-order valence-corrected chi connectivity index (χ4v) is 10.2. The number of rotatable bonds is 24. The van der Waals surface area contributed by atoms with Crippen molar-refractivity contribution in [1.29, 1.82) is 0 Å². The molecule has 10 nitrogen and oxygen atoms in total. The number of methoxy groups -OCH3 is 1. The van der Waals surface area contributed by atoms with Crippen molar-refractivity contribution in [1.82, 2.24) is 25.3 Å². The number of hydrogen-bond donors (Lipinski definition) is 3. The second-order valence-electron chi connectivity index (χ2n) is 20.8. The van der Waals surface area contributed by atoms with Gasteiger partial charge in [-0.15, -0.1) is 0 Å². The molecule has 3 aromatic rings. The second kappa shape index (κ2) is 25.6. The van der Waals surface area contributed by atoms with Crippen LogP contribution in [0.25, 0.3) is 39.3 Å². The lowest BCUT2D eigenvalue weighted by molar-refractivity contribution is -0.143. The molecule has 0 radical (unpaired) electrons. The summed E-state index contributed by atoms with van der Waals surface area (Å²) >= 11 is 0. The fourth-order valence-electron chi connectivity index (χ4n) is 10.2. The molecule has 5 rings (SSSR count). The van der Waals surface area contributed by atoms with Gasteiger partial charge in [-0.3, -0.25) is 19.4 Å². The van der Waals surface area contributed by atoms with Crippen molar-refractivity contribution >= 4 is 57.1 Å². The Morgan fingerprint density at radius 1 is 0.812 bits per heavy atom. The molecule has 5 heterocycles. The van der Waals surface area contributed by atoms with E-state index >= 15 is 0 Å². The largest absolute Gasteiger partial charge is 0.469 e. The summed E-state index contributed by atoms with van der Waals surface area (Å²) in [6.07, 6.45) is 17.1. The molecule has 8 bridgehead atoms. The molecule has 0 saturated heterocycles. The van der Waals surface area contributed by atoms with Crippen molar-refractivity contribution in [2.75, 3.05) is 13.7 Å². The highest BCUT2D eigenvalue weighted by Gasteiger charge is 2.36. The van der Waals surface area contributed by atoms with Gasteiger partial charge in [-0.2, -0.15) is 0 Å². The number of allylic oxidation sites excluding steroid dienone is 2. The Morgan fingerprint density at radius 2 is 1.46 bits per heavy atom. The monoisotopic (exact) mass is 944 g/mol. The van der Waals surface area contributed by atoms with Gasteiger partial charge < -0.3 is 24.8 Å². The zero-order chi connectivity index (χ0) is 50.5. The summed E-state index contributed by atoms with van der Waals surface area (Å²) in [5.74, 6) is 0.811. The molecule has 1 amide bonds. The zero-order valence-corrected chi connectivity index (χ0v) is 44.6. The lowest BCUT2D eigenvalue weighted by Gasteiger charge is -2.19. The molecule has 0 fully saturated rings. The minimum atomic E-state index is -0.479. The van der Waals surface area contributed by atoms with Gasteiger partial charge in [-0.05, 0) is 131 Å². The third-order valence-electron chi connectivity index (χ3n) is 15.0. The summed E-state index contributed by atoms with van der Waals surface area (Å²) in [5.41, 5.74) is 13.2. The Labute approximate surface area is 414 Å². The summed E-state index contributed by atoms with van der Waals surface area (Å²) in [5, 5.41) is 3.17. The predicted molar refractivity (Wildman–Crippen MR) is 286 cm³/mol. The van der Waals surface area contributed by atoms with E-state index in [9.17, 15) is 14.4 Å². The molecule has 3 aromatic heterocycles. The Hall–Kier alpha value is -5.25. The molecule has 3 N–H and O–H groups in total. The molecule has 2 aliphatic heterocycles. The number of esters is 2. The van der Waals surface area contributed by atoms with Gasteiger partial charge in [0.1, 0.15) is 6.61 Å². The molecule has 5 atom stereocenters. The maximum Gasteiger partial charge on any atom is 0.310 e. The zero-order valence-electron chi connectivity index (χ0n) is 44.6. The van der Waals surface area contributed by atoms with Crippen LogP contribution in [0.2, 0.25) is 0 Å². The van der Waals surface area contributed by atoms with Crippen LogP contribution in [-0.2, 0) is 36.7 Å². The first-order valence-corrected chi connectivity index (χ1v) is 26.2. The first-order valence-electron chi connectivity index (χ1n) is 26.2. The molecule has 10 heteroatoms. The van der Waals surface area contributed by atoms with Crippen LogP contribution < -0.4 is 5.32 Å². The third kappa shape index (κ3) is 14.2. The predicted octanol–water partition coefficient (Wildman–Crippen LogP) is 14.3. The highest BCUT2D eigenvalue weighted by Crippen LogP contribution is 2.44. The van der Waals surface area contributed by atoms with E-state index in [1.165, 1.54) is 57.6 Å². The average molecular weight is 944 g/mol. The molecule has 69 heavy (non-hydrogen) atoms. The van der Waals surface area contributed by atoms with E-state index < -0.39 is 5.97 Å². The van der Waals surface area contributed by atoms with Gasteiger partial charge >= 0.3 is 11.9 Å². The average Bonchev–Trinajstić information content (AvgIpc) is 3.99. The van der Waals surface area contributed by atoms with Crippen molar-refractivity contribution < 1.29 is 23.9 Å². The van der Waals surface area contributed by atoms with Crippen molar-refractivity contribution in [3.05, 3.63) is 87.0 Å². The second-order valence-corrected chi connectivity index (χ2v) is 20.8. The Balaban J connectivity index is 1.47. The van der Waals surface area contributed by atoms with Crippen LogP contribution in [-0.4, -0.2) is 57.5 Å². The number of ether oxygens (including phenoxy) is 2. The minimum absolute atomic E-state index is 0.0970. The summed E-state index contributed by atoms with van der Waals surface area (Å²) < 4.78 is 11.2. The van der Waals surface area contributed by atoms with Crippen LogP contribution in [0.4, 0.5) is 0 Å². The number of aromatic nitrogens is 4. The topological polar surface area (TPSA) is 139 Å². The van der Waals surface area contributed by atoms with Gasteiger partial charge in [-0.25, -0.2) is 4.98 Å². The normalized spacial score (nSPS) is 16.4. The van der Waals surface area contributed by atoms with Crippen molar-refractivity contribution in [3.8, 4) is 0 Å². The highest BCUT2D eigenvalue weighted by molar-refractivity contribution is 6.27. The van der Waals surface area contributed by atoms with Gasteiger partial charge in [0, 0.05) is 63.2 Å². The number of H-pyrrole nitrogens is 2. The van der Waals surface area contributed by atoms with Crippen LogP contribution >= 0.6 is 0 Å². The lowest BCUT2D eigenvalue weighted by Crippen LogP contribution is -2.33. The van der Waals surface area contributed by atoms with Crippen LogP contribution in [0.3, 0.4) is 0 Å². The SMILES string of the molecule is C=Cc1c(C)c2cc3nc(c(CC(=O)OC)c4nc(cc5[nH]c(cc1[nH]2)c(C)c5CC)C(C)=C4C(=O)NC(C)CC)C(CCC(=O)OC/C=C(\C)CCCC(C)CCCC(C)CCCC(C)C)C3C. The number of amides is 1. The summed E-state index contributed by atoms with van der Waals surface area (Å²) in [6.45, 7) is 30.3. The molecule has 2 aliphatic rings. The van der Waals surface area contributed by atoms with Gasteiger partial charge in [-0.1, -0.05) is 112 Å². The fraction of sp³-hybridized carbons (Fsp3) is 0.576. The molecule has 0 saturated carbocycles. The van der Waals surface area contributed by atoms with Crippen LogP contribution in [0, 0.1) is 31.6 Å². The smallest absolute Gasteiger partial charge is 0.310 e. The summed E-state index contributed by atoms with van der Waals surface area (Å²) in [4.78, 5) is 59.4. The Kier molecular flexibility index (Phi) is 20.3. The number of nitrogens with zero attached hydrogens (tertiary/aromatic N) is 2. The van der Waals surface area contributed by atoms with E-state index in [1.807, 2.05) is 39.0 Å². The van der Waals surface area contributed by atoms with E-state index in [4.69, 9.17) is 19.4 Å². The van der Waals surface area contributed by atoms with Gasteiger partial charge in [0.25, 0.3) is 5.91 Å². The van der Waals surface area contributed by atoms with E-state index in [2.05, 4.69) is 96.3 Å². The van der Waals surface area contributed by atoms with Gasteiger partial charge in [0.2, 0.25) is 0 Å². The Morgan fingerprint density at radius 3 is 2.10 bits per heavy atom. The number of hydrogen-bond acceptors (Lipinski definition) is 7. The maximum atomic E-state index is 14.4. The first kappa shape index (κ1) is 54.7. The molecular formula is C59H85N5O5. The number of aromatic amines is 2.